The molecular weight excluding hydrogens is 228 g/mol. The van der Waals surface area contributed by atoms with Crippen LogP contribution in [0.4, 0.5) is 11.8 Å². The summed E-state index contributed by atoms with van der Waals surface area (Å²) in [5.74, 6) is 2.55. The minimum Gasteiger partial charge on any atom is -0.369 e. The van der Waals surface area contributed by atoms with E-state index in [9.17, 15) is 0 Å². The molecule has 0 aliphatic heterocycles. The molecule has 2 heterocycles. The first kappa shape index (κ1) is 12.3. The van der Waals surface area contributed by atoms with Crippen molar-refractivity contribution in [1.29, 1.82) is 0 Å². The van der Waals surface area contributed by atoms with Crippen LogP contribution in [0.2, 0.25) is 0 Å². The molecular formula is C12H18N6. The molecule has 0 aliphatic carbocycles. The van der Waals surface area contributed by atoms with E-state index >= 15 is 0 Å². The maximum absolute atomic E-state index is 4.37. The van der Waals surface area contributed by atoms with Crippen LogP contribution in [0.15, 0.2) is 18.6 Å². The van der Waals surface area contributed by atoms with E-state index in [0.29, 0.717) is 5.95 Å². The van der Waals surface area contributed by atoms with Gasteiger partial charge in [-0.25, -0.2) is 9.97 Å². The summed E-state index contributed by atoms with van der Waals surface area (Å²) in [6.45, 7) is 2.79. The highest BCUT2D eigenvalue weighted by atomic mass is 15.1. The van der Waals surface area contributed by atoms with Gasteiger partial charge in [-0.1, -0.05) is 0 Å². The Bertz CT molecular complexity index is 519. The molecule has 0 spiro atoms. The van der Waals surface area contributed by atoms with E-state index in [1.807, 2.05) is 44.2 Å². The molecule has 96 valence electrons. The summed E-state index contributed by atoms with van der Waals surface area (Å²) in [7, 11) is 3.81. The molecule has 0 atom stereocenters. The SMILES string of the molecule is CNc1ncc(C)c(NCCc2nccn2C)n1. The van der Waals surface area contributed by atoms with Gasteiger partial charge < -0.3 is 15.2 Å². The van der Waals surface area contributed by atoms with Gasteiger partial charge in [0.25, 0.3) is 0 Å². The predicted octanol–water partition coefficient (Wildman–Crippen LogP) is 1.21. The van der Waals surface area contributed by atoms with Gasteiger partial charge in [-0.2, -0.15) is 4.98 Å². The standard InChI is InChI=1S/C12H18N6/c1-9-8-16-12(13-2)17-11(9)15-5-4-10-14-6-7-18(10)3/h6-8H,4-5H2,1-3H3,(H2,13,15,16,17). The fourth-order valence-electron chi connectivity index (χ4n) is 1.67. The Balaban J connectivity index is 1.96. The summed E-state index contributed by atoms with van der Waals surface area (Å²) in [6.07, 6.45) is 6.43. The molecule has 0 fully saturated rings. The van der Waals surface area contributed by atoms with E-state index in [1.54, 1.807) is 0 Å². The van der Waals surface area contributed by atoms with Gasteiger partial charge in [-0.15, -0.1) is 0 Å². The third-order valence-electron chi connectivity index (χ3n) is 2.76. The Morgan fingerprint density at radius 3 is 2.83 bits per heavy atom. The van der Waals surface area contributed by atoms with E-state index in [4.69, 9.17) is 0 Å². The molecule has 0 aliphatic rings. The van der Waals surface area contributed by atoms with Gasteiger partial charge in [0.2, 0.25) is 5.95 Å². The normalized spacial score (nSPS) is 10.4. The van der Waals surface area contributed by atoms with Crippen LogP contribution >= 0.6 is 0 Å². The zero-order chi connectivity index (χ0) is 13.0. The third-order valence-corrected chi connectivity index (χ3v) is 2.76. The number of rotatable bonds is 5. The molecule has 0 radical (unpaired) electrons. The first-order chi connectivity index (χ1) is 8.70. The zero-order valence-corrected chi connectivity index (χ0v) is 10.9. The van der Waals surface area contributed by atoms with Gasteiger partial charge in [-0.05, 0) is 6.92 Å². The molecule has 0 saturated carbocycles. The second kappa shape index (κ2) is 5.48. The Labute approximate surface area is 106 Å². The van der Waals surface area contributed by atoms with Crippen LogP contribution in [0, 0.1) is 6.92 Å². The Kier molecular flexibility index (Phi) is 3.76. The van der Waals surface area contributed by atoms with Crippen molar-refractivity contribution < 1.29 is 0 Å². The van der Waals surface area contributed by atoms with Crippen LogP contribution < -0.4 is 10.6 Å². The Hall–Kier alpha value is -2.11. The van der Waals surface area contributed by atoms with Crippen LogP contribution in [0.1, 0.15) is 11.4 Å². The largest absolute Gasteiger partial charge is 0.369 e. The van der Waals surface area contributed by atoms with Crippen LogP contribution in [0.25, 0.3) is 0 Å². The van der Waals surface area contributed by atoms with Gasteiger partial charge in [-0.3, -0.25) is 0 Å². The Morgan fingerprint density at radius 1 is 1.33 bits per heavy atom. The highest BCUT2D eigenvalue weighted by molar-refractivity contribution is 5.46. The van der Waals surface area contributed by atoms with Gasteiger partial charge in [0.05, 0.1) is 0 Å². The third kappa shape index (κ3) is 2.77. The van der Waals surface area contributed by atoms with Crippen molar-refractivity contribution in [3.8, 4) is 0 Å². The topological polar surface area (TPSA) is 67.7 Å². The molecule has 0 aromatic carbocycles. The Morgan fingerprint density at radius 2 is 2.17 bits per heavy atom. The quantitative estimate of drug-likeness (QED) is 0.830. The summed E-state index contributed by atoms with van der Waals surface area (Å²) in [6, 6.07) is 0. The lowest BCUT2D eigenvalue weighted by Gasteiger charge is -2.09. The minimum absolute atomic E-state index is 0.625. The summed E-state index contributed by atoms with van der Waals surface area (Å²) in [4.78, 5) is 12.8. The van der Waals surface area contributed by atoms with Crippen molar-refractivity contribution >= 4 is 11.8 Å². The lowest BCUT2D eigenvalue weighted by atomic mass is 10.3. The van der Waals surface area contributed by atoms with Gasteiger partial charge in [0, 0.05) is 51.2 Å². The number of nitrogens with zero attached hydrogens (tertiary/aromatic N) is 4. The van der Waals surface area contributed by atoms with Crippen molar-refractivity contribution in [1.82, 2.24) is 19.5 Å². The first-order valence-electron chi connectivity index (χ1n) is 5.92. The number of nitrogens with one attached hydrogen (secondary N) is 2. The molecule has 2 N–H and O–H groups in total. The van der Waals surface area contributed by atoms with E-state index in [-0.39, 0.29) is 0 Å². The average Bonchev–Trinajstić information content (AvgIpc) is 2.77. The van der Waals surface area contributed by atoms with Crippen molar-refractivity contribution in [3.05, 3.63) is 30.0 Å². The van der Waals surface area contributed by atoms with Crippen molar-refractivity contribution in [2.45, 2.75) is 13.3 Å². The van der Waals surface area contributed by atoms with Crippen LogP contribution in [0.3, 0.4) is 0 Å². The number of imidazole rings is 1. The monoisotopic (exact) mass is 246 g/mol. The number of hydrogen-bond acceptors (Lipinski definition) is 5. The average molecular weight is 246 g/mol. The zero-order valence-electron chi connectivity index (χ0n) is 10.9. The van der Waals surface area contributed by atoms with Gasteiger partial charge >= 0.3 is 0 Å². The summed E-state index contributed by atoms with van der Waals surface area (Å²) >= 11 is 0. The molecule has 2 rings (SSSR count). The van der Waals surface area contributed by atoms with Crippen LogP contribution in [-0.2, 0) is 13.5 Å². The van der Waals surface area contributed by atoms with E-state index in [0.717, 1.165) is 30.2 Å². The maximum atomic E-state index is 4.37. The van der Waals surface area contributed by atoms with Crippen molar-refractivity contribution in [2.24, 2.45) is 7.05 Å². The summed E-state index contributed by atoms with van der Waals surface area (Å²) in [5.41, 5.74) is 1.04. The number of aryl methyl sites for hydroxylation is 2. The molecule has 2 aromatic rings. The highest BCUT2D eigenvalue weighted by Crippen LogP contribution is 2.12. The summed E-state index contributed by atoms with van der Waals surface area (Å²) < 4.78 is 2.02. The van der Waals surface area contributed by atoms with Crippen LogP contribution in [0.5, 0.6) is 0 Å². The predicted molar refractivity (Wildman–Crippen MR) is 71.7 cm³/mol. The fourth-order valence-corrected chi connectivity index (χ4v) is 1.67. The maximum Gasteiger partial charge on any atom is 0.224 e. The lowest BCUT2D eigenvalue weighted by Crippen LogP contribution is -2.11. The second-order valence-electron chi connectivity index (χ2n) is 4.11. The van der Waals surface area contributed by atoms with E-state index in [1.165, 1.54) is 0 Å². The van der Waals surface area contributed by atoms with E-state index < -0.39 is 0 Å². The molecule has 0 bridgehead atoms. The minimum atomic E-state index is 0.625. The van der Waals surface area contributed by atoms with Crippen molar-refractivity contribution in [2.75, 3.05) is 24.2 Å². The van der Waals surface area contributed by atoms with Gasteiger partial charge in [0.1, 0.15) is 11.6 Å². The molecule has 6 heteroatoms. The second-order valence-corrected chi connectivity index (χ2v) is 4.11. The highest BCUT2D eigenvalue weighted by Gasteiger charge is 2.03. The lowest BCUT2D eigenvalue weighted by molar-refractivity contribution is 0.788. The fraction of sp³-hybridized carbons (Fsp3) is 0.417. The van der Waals surface area contributed by atoms with Crippen molar-refractivity contribution in [3.63, 3.8) is 0 Å². The van der Waals surface area contributed by atoms with Crippen LogP contribution in [-0.4, -0.2) is 33.1 Å². The smallest absolute Gasteiger partial charge is 0.224 e. The summed E-state index contributed by atoms with van der Waals surface area (Å²) in [5, 5.41) is 6.24. The molecule has 2 aromatic heterocycles. The van der Waals surface area contributed by atoms with Gasteiger partial charge in [0.15, 0.2) is 0 Å². The molecule has 0 amide bonds. The molecule has 0 saturated heterocycles. The number of hydrogen-bond donors (Lipinski definition) is 2. The number of anilines is 2. The molecule has 0 unspecified atom stereocenters. The first-order valence-corrected chi connectivity index (χ1v) is 5.92. The molecule has 6 nitrogen and oxygen atoms in total. The number of aromatic nitrogens is 4. The molecule has 18 heavy (non-hydrogen) atoms. The van der Waals surface area contributed by atoms with E-state index in [2.05, 4.69) is 25.6 Å².